The molecule has 5 nitrogen and oxygen atoms in total. The Balaban J connectivity index is 2.81. The fraction of sp³-hybridized carbons (Fsp3) is 0.714. The number of rotatable bonds is 3. The molecule has 0 aliphatic rings. The first-order valence-electron chi connectivity index (χ1n) is 3.80. The standard InChI is InChI=1S/C7H14N4O/c1-7(12,5-8-2)6-4-9-11(3)10-6/h4,8,12H,5H2,1-3H3. The number of likely N-dealkylation sites (N-methyl/N-ethyl adjacent to an activating group) is 1. The highest BCUT2D eigenvalue weighted by Crippen LogP contribution is 2.15. The first-order chi connectivity index (χ1) is 5.56. The zero-order valence-electron chi connectivity index (χ0n) is 7.57. The minimum absolute atomic E-state index is 0.464. The van der Waals surface area contributed by atoms with Gasteiger partial charge in [-0.05, 0) is 14.0 Å². The quantitative estimate of drug-likeness (QED) is 0.626. The Morgan fingerprint density at radius 1 is 1.75 bits per heavy atom. The van der Waals surface area contributed by atoms with E-state index in [2.05, 4.69) is 15.5 Å². The summed E-state index contributed by atoms with van der Waals surface area (Å²) in [5.41, 5.74) is -0.359. The predicted molar refractivity (Wildman–Crippen MR) is 44.5 cm³/mol. The summed E-state index contributed by atoms with van der Waals surface area (Å²) in [5, 5.41) is 20.6. The van der Waals surface area contributed by atoms with Crippen LogP contribution in [0, 0.1) is 0 Å². The van der Waals surface area contributed by atoms with Crippen molar-refractivity contribution in [2.75, 3.05) is 13.6 Å². The average molecular weight is 170 g/mol. The number of nitrogens with one attached hydrogen (secondary N) is 1. The Morgan fingerprint density at radius 3 is 2.83 bits per heavy atom. The summed E-state index contributed by atoms with van der Waals surface area (Å²) in [5.74, 6) is 0. The molecule has 0 saturated carbocycles. The van der Waals surface area contributed by atoms with Crippen molar-refractivity contribution in [2.45, 2.75) is 12.5 Å². The monoisotopic (exact) mass is 170 g/mol. The molecule has 0 aliphatic heterocycles. The third-order valence-electron chi connectivity index (χ3n) is 1.67. The van der Waals surface area contributed by atoms with Crippen LogP contribution in [-0.2, 0) is 12.6 Å². The van der Waals surface area contributed by atoms with Crippen LogP contribution in [0.2, 0.25) is 0 Å². The molecule has 1 atom stereocenters. The second-order valence-corrected chi connectivity index (χ2v) is 3.02. The number of hydrogen-bond donors (Lipinski definition) is 2. The number of aliphatic hydroxyl groups is 1. The predicted octanol–water partition coefficient (Wildman–Crippen LogP) is -0.758. The molecule has 0 radical (unpaired) electrons. The zero-order chi connectivity index (χ0) is 9.19. The topological polar surface area (TPSA) is 63.0 Å². The Hall–Kier alpha value is -0.940. The summed E-state index contributed by atoms with van der Waals surface area (Å²) in [6.45, 7) is 2.17. The van der Waals surface area contributed by atoms with Crippen molar-refractivity contribution in [3.05, 3.63) is 11.9 Å². The molecular weight excluding hydrogens is 156 g/mol. The molecule has 1 unspecified atom stereocenters. The van der Waals surface area contributed by atoms with E-state index < -0.39 is 5.60 Å². The van der Waals surface area contributed by atoms with Crippen LogP contribution in [0.4, 0.5) is 0 Å². The van der Waals surface area contributed by atoms with Gasteiger partial charge in [-0.25, -0.2) is 0 Å². The summed E-state index contributed by atoms with van der Waals surface area (Å²) in [6, 6.07) is 0. The number of hydrogen-bond acceptors (Lipinski definition) is 4. The van der Waals surface area contributed by atoms with Crippen LogP contribution in [0.15, 0.2) is 6.20 Å². The van der Waals surface area contributed by atoms with E-state index in [0.717, 1.165) is 0 Å². The fourth-order valence-corrected chi connectivity index (χ4v) is 1.03. The molecule has 0 aromatic carbocycles. The van der Waals surface area contributed by atoms with Crippen LogP contribution in [0.1, 0.15) is 12.6 Å². The second-order valence-electron chi connectivity index (χ2n) is 3.02. The van der Waals surface area contributed by atoms with Gasteiger partial charge < -0.3 is 10.4 Å². The first-order valence-corrected chi connectivity index (χ1v) is 3.80. The Kier molecular flexibility index (Phi) is 2.44. The van der Waals surface area contributed by atoms with E-state index >= 15 is 0 Å². The van der Waals surface area contributed by atoms with Crippen molar-refractivity contribution < 1.29 is 5.11 Å². The minimum atomic E-state index is -0.941. The average Bonchev–Trinajstić information content (AvgIpc) is 2.36. The highest BCUT2D eigenvalue weighted by Gasteiger charge is 2.25. The van der Waals surface area contributed by atoms with E-state index in [1.54, 1.807) is 27.2 Å². The number of aryl methyl sites for hydroxylation is 1. The van der Waals surface area contributed by atoms with Crippen LogP contribution in [-0.4, -0.2) is 33.7 Å². The third-order valence-corrected chi connectivity index (χ3v) is 1.67. The van der Waals surface area contributed by atoms with Crippen LogP contribution in [0.3, 0.4) is 0 Å². The minimum Gasteiger partial charge on any atom is -0.382 e. The van der Waals surface area contributed by atoms with Gasteiger partial charge in [0.05, 0.1) is 6.20 Å². The van der Waals surface area contributed by atoms with Crippen LogP contribution < -0.4 is 5.32 Å². The molecule has 1 rings (SSSR count). The van der Waals surface area contributed by atoms with Crippen molar-refractivity contribution in [3.63, 3.8) is 0 Å². The highest BCUT2D eigenvalue weighted by molar-refractivity contribution is 5.04. The lowest BCUT2D eigenvalue weighted by Gasteiger charge is -2.19. The Morgan fingerprint density at radius 2 is 2.42 bits per heavy atom. The SMILES string of the molecule is CNCC(C)(O)c1cnn(C)n1. The van der Waals surface area contributed by atoms with E-state index in [0.29, 0.717) is 12.2 Å². The van der Waals surface area contributed by atoms with Crippen molar-refractivity contribution in [1.29, 1.82) is 0 Å². The maximum atomic E-state index is 9.82. The van der Waals surface area contributed by atoms with Gasteiger partial charge in [-0.1, -0.05) is 0 Å². The van der Waals surface area contributed by atoms with Crippen LogP contribution >= 0.6 is 0 Å². The van der Waals surface area contributed by atoms with Gasteiger partial charge in [-0.15, -0.1) is 0 Å². The van der Waals surface area contributed by atoms with Gasteiger partial charge in [-0.2, -0.15) is 15.0 Å². The molecule has 1 heterocycles. The summed E-state index contributed by atoms with van der Waals surface area (Å²) in [7, 11) is 3.50. The third kappa shape index (κ3) is 1.80. The van der Waals surface area contributed by atoms with Gasteiger partial charge in [0.1, 0.15) is 11.3 Å². The largest absolute Gasteiger partial charge is 0.382 e. The lowest BCUT2D eigenvalue weighted by atomic mass is 10.0. The summed E-state index contributed by atoms with van der Waals surface area (Å²) >= 11 is 0. The molecule has 0 amide bonds. The van der Waals surface area contributed by atoms with Gasteiger partial charge in [0.15, 0.2) is 0 Å². The summed E-state index contributed by atoms with van der Waals surface area (Å²) in [6.07, 6.45) is 1.57. The molecule has 1 aromatic heterocycles. The van der Waals surface area contributed by atoms with E-state index in [1.165, 1.54) is 4.80 Å². The first kappa shape index (κ1) is 9.15. The van der Waals surface area contributed by atoms with Gasteiger partial charge >= 0.3 is 0 Å². The molecule has 0 saturated heterocycles. The molecule has 2 N–H and O–H groups in total. The molecule has 68 valence electrons. The molecule has 1 aromatic rings. The second kappa shape index (κ2) is 3.20. The van der Waals surface area contributed by atoms with Gasteiger partial charge in [0.25, 0.3) is 0 Å². The highest BCUT2D eigenvalue weighted by atomic mass is 16.3. The number of nitrogens with zero attached hydrogens (tertiary/aromatic N) is 3. The Labute approximate surface area is 71.4 Å². The van der Waals surface area contributed by atoms with E-state index in [9.17, 15) is 5.11 Å². The van der Waals surface area contributed by atoms with E-state index in [1.807, 2.05) is 0 Å². The van der Waals surface area contributed by atoms with E-state index in [4.69, 9.17) is 0 Å². The molecular formula is C7H14N4O. The lowest BCUT2D eigenvalue weighted by molar-refractivity contribution is 0.0540. The molecule has 0 spiro atoms. The zero-order valence-corrected chi connectivity index (χ0v) is 7.57. The van der Waals surface area contributed by atoms with Gasteiger partial charge in [-0.3, -0.25) is 0 Å². The summed E-state index contributed by atoms with van der Waals surface area (Å²) in [4.78, 5) is 1.43. The van der Waals surface area contributed by atoms with Gasteiger partial charge in [0, 0.05) is 13.6 Å². The normalized spacial score (nSPS) is 16.0. The van der Waals surface area contributed by atoms with Crippen LogP contribution in [0.25, 0.3) is 0 Å². The summed E-state index contributed by atoms with van der Waals surface area (Å²) < 4.78 is 0. The van der Waals surface area contributed by atoms with Crippen molar-refractivity contribution >= 4 is 0 Å². The maximum absolute atomic E-state index is 9.82. The van der Waals surface area contributed by atoms with Crippen LogP contribution in [0.5, 0.6) is 0 Å². The van der Waals surface area contributed by atoms with Crippen molar-refractivity contribution in [3.8, 4) is 0 Å². The van der Waals surface area contributed by atoms with E-state index in [-0.39, 0.29) is 0 Å². The number of aromatic nitrogens is 3. The van der Waals surface area contributed by atoms with Gasteiger partial charge in [0.2, 0.25) is 0 Å². The maximum Gasteiger partial charge on any atom is 0.119 e. The van der Waals surface area contributed by atoms with Crippen molar-refractivity contribution in [1.82, 2.24) is 20.3 Å². The molecule has 0 bridgehead atoms. The Bertz CT molecular complexity index is 256. The fourth-order valence-electron chi connectivity index (χ4n) is 1.03. The molecule has 5 heteroatoms. The molecule has 0 aliphatic carbocycles. The molecule has 0 fully saturated rings. The smallest absolute Gasteiger partial charge is 0.119 e. The lowest BCUT2D eigenvalue weighted by Crippen LogP contribution is -2.34. The van der Waals surface area contributed by atoms with Crippen molar-refractivity contribution in [2.24, 2.45) is 7.05 Å². The molecule has 12 heavy (non-hydrogen) atoms.